The quantitative estimate of drug-likeness (QED) is 0.0200. The van der Waals surface area contributed by atoms with Gasteiger partial charge in [0.1, 0.15) is 13.2 Å². The molecule has 60 heavy (non-hydrogen) atoms. The maximum atomic E-state index is 12.7. The minimum atomic E-state index is -0.825. The molecule has 0 saturated heterocycles. The van der Waals surface area contributed by atoms with Crippen LogP contribution in [0.15, 0.2) is 97.2 Å². The van der Waals surface area contributed by atoms with Gasteiger partial charge in [-0.1, -0.05) is 201 Å². The third-order valence-electron chi connectivity index (χ3n) is 9.93. The summed E-state index contributed by atoms with van der Waals surface area (Å²) in [6, 6.07) is 0. The van der Waals surface area contributed by atoms with E-state index in [0.717, 1.165) is 77.0 Å². The molecule has 0 bridgehead atoms. The van der Waals surface area contributed by atoms with Gasteiger partial charge in [0.25, 0.3) is 0 Å². The van der Waals surface area contributed by atoms with Crippen molar-refractivity contribution in [3.63, 3.8) is 0 Å². The Morgan fingerprint density at radius 2 is 0.750 bits per heavy atom. The van der Waals surface area contributed by atoms with E-state index in [2.05, 4.69) is 63.3 Å². The van der Waals surface area contributed by atoms with Crippen LogP contribution in [0.2, 0.25) is 0 Å². The number of carbonyl (C=O) groups is 3. The monoisotopic (exact) mass is 833 g/mol. The van der Waals surface area contributed by atoms with Gasteiger partial charge in [0.05, 0.1) is 0 Å². The van der Waals surface area contributed by atoms with Crippen LogP contribution in [0, 0.1) is 0 Å². The third-order valence-corrected chi connectivity index (χ3v) is 9.93. The molecule has 0 N–H and O–H groups in total. The molecule has 0 radical (unpaired) electrons. The van der Waals surface area contributed by atoms with Crippen LogP contribution in [-0.4, -0.2) is 37.2 Å². The van der Waals surface area contributed by atoms with Crippen molar-refractivity contribution in [3.05, 3.63) is 97.2 Å². The number of ether oxygens (including phenoxy) is 3. The maximum Gasteiger partial charge on any atom is 0.306 e. The Morgan fingerprint density at radius 1 is 0.367 bits per heavy atom. The molecule has 0 rings (SSSR count). The Labute approximate surface area is 368 Å². The van der Waals surface area contributed by atoms with E-state index in [1.807, 2.05) is 54.7 Å². The number of hydrogen-bond donors (Lipinski definition) is 0. The van der Waals surface area contributed by atoms with Crippen LogP contribution >= 0.6 is 0 Å². The first kappa shape index (κ1) is 56.3. The fourth-order valence-electron chi connectivity index (χ4n) is 6.27. The Balaban J connectivity index is 4.57. The second-order valence-corrected chi connectivity index (χ2v) is 15.8. The van der Waals surface area contributed by atoms with Crippen molar-refractivity contribution in [3.8, 4) is 0 Å². The first-order valence-electron chi connectivity index (χ1n) is 24.3. The molecular formula is C54H88O6. The van der Waals surface area contributed by atoms with Gasteiger partial charge in [0.2, 0.25) is 0 Å². The van der Waals surface area contributed by atoms with Crippen LogP contribution in [0.3, 0.4) is 0 Å². The number of esters is 3. The normalized spacial score (nSPS) is 12.9. The first-order chi connectivity index (χ1) is 29.5. The van der Waals surface area contributed by atoms with Crippen molar-refractivity contribution >= 4 is 17.9 Å². The maximum absolute atomic E-state index is 12.7. The Morgan fingerprint density at radius 3 is 1.27 bits per heavy atom. The lowest BCUT2D eigenvalue weighted by atomic mass is 10.1. The summed E-state index contributed by atoms with van der Waals surface area (Å²) in [5.41, 5.74) is 0. The molecule has 1 atom stereocenters. The summed E-state index contributed by atoms with van der Waals surface area (Å²) in [5, 5.41) is 0. The highest BCUT2D eigenvalue weighted by Gasteiger charge is 2.19. The van der Waals surface area contributed by atoms with Crippen molar-refractivity contribution in [2.24, 2.45) is 0 Å². The van der Waals surface area contributed by atoms with Crippen LogP contribution in [0.5, 0.6) is 0 Å². The van der Waals surface area contributed by atoms with Crippen LogP contribution in [0.4, 0.5) is 0 Å². The standard InChI is InChI=1S/C54H88O6/c1-4-7-10-13-16-19-22-25-27-30-32-35-38-41-44-47-53(56)59-50-51(49-58-52(55)46-43-40-37-34-31-28-24-21-18-15-12-9-6-3)60-54(57)48-45-42-39-36-33-29-26-23-20-17-14-11-8-5-2/h7,10,13,16,19,22,25,27-33,37,40,51H,4-6,8-9,11-12,14-15,17-18,20-21,23-24,26,34-36,38-39,41-50H2,1-3H3/b10-7-,16-13-,22-19-,27-25-,31-28-,32-30-,33-29-,40-37-. The summed E-state index contributed by atoms with van der Waals surface area (Å²) in [6.45, 7) is 6.36. The molecule has 1 unspecified atom stereocenters. The van der Waals surface area contributed by atoms with Gasteiger partial charge in [0, 0.05) is 19.3 Å². The highest BCUT2D eigenvalue weighted by Crippen LogP contribution is 2.12. The van der Waals surface area contributed by atoms with Crippen LogP contribution in [0.25, 0.3) is 0 Å². The molecule has 6 nitrogen and oxygen atoms in total. The van der Waals surface area contributed by atoms with Crippen molar-refractivity contribution in [2.75, 3.05) is 13.2 Å². The van der Waals surface area contributed by atoms with E-state index in [0.29, 0.717) is 12.8 Å². The molecule has 0 aromatic rings. The molecule has 0 spiro atoms. The molecule has 0 amide bonds. The number of unbranched alkanes of at least 4 members (excludes halogenated alkanes) is 19. The molecule has 6 heteroatoms. The van der Waals surface area contributed by atoms with E-state index in [1.165, 1.54) is 83.5 Å². The number of allylic oxidation sites excluding steroid dienone is 16. The lowest BCUT2D eigenvalue weighted by Crippen LogP contribution is -2.30. The summed E-state index contributed by atoms with van der Waals surface area (Å²) in [7, 11) is 0. The van der Waals surface area contributed by atoms with Gasteiger partial charge in [0.15, 0.2) is 6.10 Å². The van der Waals surface area contributed by atoms with Gasteiger partial charge in [-0.15, -0.1) is 0 Å². The Kier molecular flexibility index (Phi) is 45.1. The molecule has 0 saturated carbocycles. The summed E-state index contributed by atoms with van der Waals surface area (Å²) in [6.07, 6.45) is 62.6. The number of carbonyl (C=O) groups excluding carboxylic acids is 3. The van der Waals surface area contributed by atoms with Gasteiger partial charge < -0.3 is 14.2 Å². The largest absolute Gasteiger partial charge is 0.462 e. The Bertz CT molecular complexity index is 1230. The smallest absolute Gasteiger partial charge is 0.306 e. The fourth-order valence-corrected chi connectivity index (χ4v) is 6.27. The van der Waals surface area contributed by atoms with Gasteiger partial charge in [-0.3, -0.25) is 14.4 Å². The topological polar surface area (TPSA) is 78.9 Å². The highest BCUT2D eigenvalue weighted by atomic mass is 16.6. The summed E-state index contributed by atoms with van der Waals surface area (Å²) >= 11 is 0. The molecule has 340 valence electrons. The first-order valence-corrected chi connectivity index (χ1v) is 24.3. The average Bonchev–Trinajstić information content (AvgIpc) is 3.24. The predicted molar refractivity (Wildman–Crippen MR) is 256 cm³/mol. The van der Waals surface area contributed by atoms with E-state index >= 15 is 0 Å². The number of rotatable bonds is 42. The average molecular weight is 833 g/mol. The summed E-state index contributed by atoms with van der Waals surface area (Å²) in [4.78, 5) is 37.8. The van der Waals surface area contributed by atoms with Crippen LogP contribution in [0.1, 0.15) is 207 Å². The molecule has 0 aliphatic carbocycles. The molecule has 0 fully saturated rings. The zero-order valence-electron chi connectivity index (χ0n) is 38.7. The van der Waals surface area contributed by atoms with Gasteiger partial charge in [-0.25, -0.2) is 0 Å². The molecule has 0 aliphatic rings. The molecule has 0 aliphatic heterocycles. The van der Waals surface area contributed by atoms with E-state index in [-0.39, 0.29) is 44.0 Å². The molecule has 0 aromatic heterocycles. The minimum absolute atomic E-state index is 0.124. The SMILES string of the molecule is CC\C=C/C=C\C=C/C=C\C=C/CCCCCC(=O)OCC(COC(=O)CC/C=C\C/C=C\CCCCCCCC)OC(=O)CCCCC/C=C\CCCCCCCCC. The second-order valence-electron chi connectivity index (χ2n) is 15.8. The van der Waals surface area contributed by atoms with Gasteiger partial charge >= 0.3 is 17.9 Å². The van der Waals surface area contributed by atoms with E-state index in [1.54, 1.807) is 0 Å². The van der Waals surface area contributed by atoms with Crippen molar-refractivity contribution in [2.45, 2.75) is 213 Å². The lowest BCUT2D eigenvalue weighted by Gasteiger charge is -2.18. The summed E-state index contributed by atoms with van der Waals surface area (Å²) in [5.74, 6) is -1.05. The number of hydrogen-bond acceptors (Lipinski definition) is 6. The van der Waals surface area contributed by atoms with Crippen molar-refractivity contribution < 1.29 is 28.6 Å². The van der Waals surface area contributed by atoms with E-state index in [9.17, 15) is 14.4 Å². The molecule has 0 aromatic carbocycles. The van der Waals surface area contributed by atoms with Gasteiger partial charge in [-0.2, -0.15) is 0 Å². The van der Waals surface area contributed by atoms with Crippen LogP contribution in [-0.2, 0) is 28.6 Å². The lowest BCUT2D eigenvalue weighted by molar-refractivity contribution is -0.166. The van der Waals surface area contributed by atoms with Crippen molar-refractivity contribution in [1.82, 2.24) is 0 Å². The minimum Gasteiger partial charge on any atom is -0.462 e. The fraction of sp³-hybridized carbons (Fsp3) is 0.648. The second kappa shape index (κ2) is 48.0. The third kappa shape index (κ3) is 45.4. The van der Waals surface area contributed by atoms with Crippen molar-refractivity contribution in [1.29, 1.82) is 0 Å². The van der Waals surface area contributed by atoms with Crippen LogP contribution < -0.4 is 0 Å². The molecule has 0 heterocycles. The predicted octanol–water partition coefficient (Wildman–Crippen LogP) is 15.8. The summed E-state index contributed by atoms with van der Waals surface area (Å²) < 4.78 is 16.6. The highest BCUT2D eigenvalue weighted by molar-refractivity contribution is 5.71. The van der Waals surface area contributed by atoms with E-state index < -0.39 is 6.10 Å². The zero-order chi connectivity index (χ0) is 43.7. The molecular weight excluding hydrogens is 745 g/mol. The van der Waals surface area contributed by atoms with E-state index in [4.69, 9.17) is 14.2 Å². The zero-order valence-corrected chi connectivity index (χ0v) is 38.7. The Hall–Kier alpha value is -3.67. The van der Waals surface area contributed by atoms with Gasteiger partial charge in [-0.05, 0) is 83.5 Å².